The van der Waals surface area contributed by atoms with E-state index in [4.69, 9.17) is 10.5 Å². The zero-order valence-electron chi connectivity index (χ0n) is 10.6. The van der Waals surface area contributed by atoms with E-state index in [-0.39, 0.29) is 12.5 Å². The van der Waals surface area contributed by atoms with Crippen molar-refractivity contribution >= 4 is 22.4 Å². The summed E-state index contributed by atoms with van der Waals surface area (Å²) in [6, 6.07) is 7.68. The summed E-state index contributed by atoms with van der Waals surface area (Å²) in [5.74, 6) is 0.533. The Morgan fingerprint density at radius 1 is 1.47 bits per heavy atom. The van der Waals surface area contributed by atoms with Gasteiger partial charge in [0.2, 0.25) is 5.91 Å². The van der Waals surface area contributed by atoms with E-state index in [1.807, 2.05) is 36.6 Å². The summed E-state index contributed by atoms with van der Waals surface area (Å²) in [4.78, 5) is 15.6. The van der Waals surface area contributed by atoms with E-state index in [0.29, 0.717) is 11.7 Å². The van der Waals surface area contributed by atoms with E-state index in [1.165, 1.54) is 11.3 Å². The van der Waals surface area contributed by atoms with Gasteiger partial charge in [0.05, 0.1) is 18.8 Å². The molecule has 1 amide bonds. The van der Waals surface area contributed by atoms with Crippen LogP contribution in [0.25, 0.3) is 11.3 Å². The van der Waals surface area contributed by atoms with E-state index >= 15 is 0 Å². The molecule has 0 aliphatic carbocycles. The fourth-order valence-electron chi connectivity index (χ4n) is 1.58. The van der Waals surface area contributed by atoms with Crippen LogP contribution in [0.15, 0.2) is 29.6 Å². The molecule has 1 heterocycles. The van der Waals surface area contributed by atoms with Crippen LogP contribution in [0.4, 0.5) is 5.13 Å². The van der Waals surface area contributed by atoms with Crippen LogP contribution in [0.1, 0.15) is 6.92 Å². The van der Waals surface area contributed by atoms with Crippen molar-refractivity contribution in [3.05, 3.63) is 29.6 Å². The van der Waals surface area contributed by atoms with E-state index in [0.717, 1.165) is 17.0 Å². The molecule has 0 saturated heterocycles. The first kappa shape index (κ1) is 13.5. The normalized spacial score (nSPS) is 10.2. The first-order valence-corrected chi connectivity index (χ1v) is 6.80. The highest BCUT2D eigenvalue weighted by Gasteiger charge is 2.10. The third-order valence-electron chi connectivity index (χ3n) is 2.40. The standard InChI is InChI=1S/C13H15N3O2S/c1-2-18-11-6-4-3-5-9(11)10-8-19-13(15-10)16-12(17)7-14/h3-6,8H,2,7,14H2,1H3,(H,15,16,17). The lowest BCUT2D eigenvalue weighted by molar-refractivity contribution is -0.114. The summed E-state index contributed by atoms with van der Waals surface area (Å²) >= 11 is 1.36. The number of thiazole rings is 1. The predicted octanol–water partition coefficient (Wildman–Crippen LogP) is 2.11. The van der Waals surface area contributed by atoms with Crippen LogP contribution in [-0.4, -0.2) is 24.0 Å². The number of amides is 1. The summed E-state index contributed by atoms with van der Waals surface area (Å²) in [6.07, 6.45) is 0. The first-order valence-electron chi connectivity index (χ1n) is 5.92. The van der Waals surface area contributed by atoms with E-state index in [1.54, 1.807) is 0 Å². The molecule has 0 saturated carbocycles. The molecule has 6 heteroatoms. The van der Waals surface area contributed by atoms with Gasteiger partial charge in [-0.05, 0) is 19.1 Å². The highest BCUT2D eigenvalue weighted by atomic mass is 32.1. The van der Waals surface area contributed by atoms with Gasteiger partial charge in [0.1, 0.15) is 5.75 Å². The van der Waals surface area contributed by atoms with Crippen molar-refractivity contribution < 1.29 is 9.53 Å². The number of nitrogens with zero attached hydrogens (tertiary/aromatic N) is 1. The Bertz CT molecular complexity index is 569. The Labute approximate surface area is 115 Å². The summed E-state index contributed by atoms with van der Waals surface area (Å²) < 4.78 is 5.56. The molecule has 0 atom stereocenters. The van der Waals surface area contributed by atoms with Crippen LogP contribution in [0.3, 0.4) is 0 Å². The number of anilines is 1. The van der Waals surface area contributed by atoms with Gasteiger partial charge in [-0.25, -0.2) is 4.98 Å². The molecule has 0 aliphatic heterocycles. The number of aromatic nitrogens is 1. The fraction of sp³-hybridized carbons (Fsp3) is 0.231. The fourth-order valence-corrected chi connectivity index (χ4v) is 2.31. The number of nitrogens with one attached hydrogen (secondary N) is 1. The number of para-hydroxylation sites is 1. The van der Waals surface area contributed by atoms with Gasteiger partial charge in [0, 0.05) is 10.9 Å². The maximum absolute atomic E-state index is 11.2. The van der Waals surface area contributed by atoms with Crippen LogP contribution < -0.4 is 15.8 Å². The number of hydrogen-bond donors (Lipinski definition) is 2. The molecule has 19 heavy (non-hydrogen) atoms. The van der Waals surface area contributed by atoms with Gasteiger partial charge in [0.15, 0.2) is 5.13 Å². The van der Waals surface area contributed by atoms with Crippen LogP contribution in [0.2, 0.25) is 0 Å². The average Bonchev–Trinajstić information content (AvgIpc) is 2.88. The average molecular weight is 277 g/mol. The third kappa shape index (κ3) is 3.30. The lowest BCUT2D eigenvalue weighted by atomic mass is 10.1. The van der Waals surface area contributed by atoms with Gasteiger partial charge in [-0.3, -0.25) is 4.79 Å². The van der Waals surface area contributed by atoms with Gasteiger partial charge in [0.25, 0.3) is 0 Å². The Morgan fingerprint density at radius 2 is 2.26 bits per heavy atom. The second-order valence-electron chi connectivity index (χ2n) is 3.72. The van der Waals surface area contributed by atoms with Crippen LogP contribution in [0.5, 0.6) is 5.75 Å². The van der Waals surface area contributed by atoms with Crippen molar-refractivity contribution in [3.8, 4) is 17.0 Å². The van der Waals surface area contributed by atoms with Crippen molar-refractivity contribution in [3.63, 3.8) is 0 Å². The molecule has 0 radical (unpaired) electrons. The molecular formula is C13H15N3O2S. The maximum Gasteiger partial charge on any atom is 0.239 e. The summed E-state index contributed by atoms with van der Waals surface area (Å²) in [5.41, 5.74) is 6.94. The minimum Gasteiger partial charge on any atom is -0.493 e. The molecule has 0 spiro atoms. The largest absolute Gasteiger partial charge is 0.493 e. The van der Waals surface area contributed by atoms with E-state index in [9.17, 15) is 4.79 Å². The van der Waals surface area contributed by atoms with E-state index < -0.39 is 0 Å². The molecule has 0 fully saturated rings. The van der Waals surface area contributed by atoms with Gasteiger partial charge in [-0.15, -0.1) is 11.3 Å². The predicted molar refractivity (Wildman–Crippen MR) is 76.4 cm³/mol. The number of nitrogens with two attached hydrogens (primary N) is 1. The quantitative estimate of drug-likeness (QED) is 0.877. The third-order valence-corrected chi connectivity index (χ3v) is 3.16. The first-order chi connectivity index (χ1) is 9.24. The number of benzene rings is 1. The summed E-state index contributed by atoms with van der Waals surface area (Å²) in [7, 11) is 0. The number of carbonyl (C=O) groups is 1. The molecule has 5 nitrogen and oxygen atoms in total. The van der Waals surface area contributed by atoms with Gasteiger partial charge < -0.3 is 15.8 Å². The summed E-state index contributed by atoms with van der Waals surface area (Å²) in [5, 5.41) is 5.05. The number of rotatable bonds is 5. The molecule has 1 aromatic carbocycles. The van der Waals surface area contributed by atoms with Gasteiger partial charge in [-0.2, -0.15) is 0 Å². The summed E-state index contributed by atoms with van der Waals surface area (Å²) in [6.45, 7) is 2.48. The van der Waals surface area contributed by atoms with Crippen molar-refractivity contribution in [1.82, 2.24) is 4.98 Å². The topological polar surface area (TPSA) is 77.2 Å². The zero-order chi connectivity index (χ0) is 13.7. The van der Waals surface area contributed by atoms with Gasteiger partial charge >= 0.3 is 0 Å². The van der Waals surface area contributed by atoms with Gasteiger partial charge in [-0.1, -0.05) is 12.1 Å². The van der Waals surface area contributed by atoms with Crippen LogP contribution in [0, 0.1) is 0 Å². The van der Waals surface area contributed by atoms with Crippen molar-refractivity contribution in [2.75, 3.05) is 18.5 Å². The maximum atomic E-state index is 11.2. The molecule has 2 aromatic rings. The molecule has 3 N–H and O–H groups in total. The molecule has 0 bridgehead atoms. The Hall–Kier alpha value is -1.92. The van der Waals surface area contributed by atoms with Crippen molar-refractivity contribution in [2.24, 2.45) is 5.73 Å². The molecular weight excluding hydrogens is 262 g/mol. The Kier molecular flexibility index (Phi) is 4.48. The highest BCUT2D eigenvalue weighted by Crippen LogP contribution is 2.32. The molecule has 0 unspecified atom stereocenters. The number of hydrogen-bond acceptors (Lipinski definition) is 5. The van der Waals surface area contributed by atoms with Crippen molar-refractivity contribution in [2.45, 2.75) is 6.92 Å². The van der Waals surface area contributed by atoms with Crippen LogP contribution >= 0.6 is 11.3 Å². The smallest absolute Gasteiger partial charge is 0.239 e. The zero-order valence-corrected chi connectivity index (χ0v) is 11.4. The Balaban J connectivity index is 2.25. The highest BCUT2D eigenvalue weighted by molar-refractivity contribution is 7.14. The monoisotopic (exact) mass is 277 g/mol. The van der Waals surface area contributed by atoms with E-state index in [2.05, 4.69) is 10.3 Å². The minimum absolute atomic E-state index is 0.0511. The number of ether oxygens (including phenoxy) is 1. The lowest BCUT2D eigenvalue weighted by Gasteiger charge is -2.07. The second kappa shape index (κ2) is 6.31. The molecule has 100 valence electrons. The van der Waals surface area contributed by atoms with Crippen molar-refractivity contribution in [1.29, 1.82) is 0 Å². The molecule has 2 rings (SSSR count). The van der Waals surface area contributed by atoms with Crippen LogP contribution in [-0.2, 0) is 4.79 Å². The lowest BCUT2D eigenvalue weighted by Crippen LogP contribution is -2.21. The molecule has 0 aliphatic rings. The molecule has 1 aromatic heterocycles. The Morgan fingerprint density at radius 3 is 3.00 bits per heavy atom. The SMILES string of the molecule is CCOc1ccccc1-c1csc(NC(=O)CN)n1. The number of carbonyl (C=O) groups excluding carboxylic acids is 1. The minimum atomic E-state index is -0.251. The second-order valence-corrected chi connectivity index (χ2v) is 4.58.